The fraction of sp³-hybridized carbons (Fsp3) is 0.471. The lowest BCUT2D eigenvalue weighted by Crippen LogP contribution is -2.54. The molecule has 0 saturated carbocycles. The van der Waals surface area contributed by atoms with Crippen LogP contribution in [0.4, 0.5) is 0 Å². The monoisotopic (exact) mass is 271 g/mol. The minimum Gasteiger partial charge on any atom is -0.460 e. The van der Waals surface area contributed by atoms with Crippen molar-refractivity contribution in [3.63, 3.8) is 0 Å². The lowest BCUT2D eigenvalue weighted by atomic mass is 9.76. The molecular weight excluding hydrogens is 250 g/mol. The molecule has 3 nitrogen and oxygen atoms in total. The standard InChI is InChI=1S/C17H21NO2/c1-2-13-11-18-9-8-15(13)10-16(18)12-20-17(19)14-6-4-3-5-7-14/h2-7,13,15-16H,1,8-12H2/t13-,15-,16-/m0/s1. The summed E-state index contributed by atoms with van der Waals surface area (Å²) < 4.78 is 5.48. The highest BCUT2D eigenvalue weighted by Gasteiger charge is 2.39. The van der Waals surface area contributed by atoms with Gasteiger partial charge in [-0.3, -0.25) is 4.90 Å². The van der Waals surface area contributed by atoms with Crippen molar-refractivity contribution in [1.82, 2.24) is 4.90 Å². The fourth-order valence-corrected chi connectivity index (χ4v) is 3.45. The summed E-state index contributed by atoms with van der Waals surface area (Å²) in [6.45, 7) is 6.64. The third-order valence-corrected chi connectivity index (χ3v) is 4.65. The van der Waals surface area contributed by atoms with Crippen LogP contribution < -0.4 is 0 Å². The van der Waals surface area contributed by atoms with E-state index in [0.29, 0.717) is 24.1 Å². The van der Waals surface area contributed by atoms with Crippen LogP contribution in [0.25, 0.3) is 0 Å². The van der Waals surface area contributed by atoms with Gasteiger partial charge in [0.1, 0.15) is 6.61 Å². The molecule has 0 aliphatic carbocycles. The van der Waals surface area contributed by atoms with E-state index >= 15 is 0 Å². The number of benzene rings is 1. The first-order valence-corrected chi connectivity index (χ1v) is 7.36. The first kappa shape index (κ1) is 13.4. The number of hydrogen-bond donors (Lipinski definition) is 0. The molecule has 0 amide bonds. The zero-order chi connectivity index (χ0) is 13.9. The Morgan fingerprint density at radius 3 is 2.85 bits per heavy atom. The summed E-state index contributed by atoms with van der Waals surface area (Å²) in [6.07, 6.45) is 4.46. The molecule has 3 saturated heterocycles. The lowest BCUT2D eigenvalue weighted by Gasteiger charge is -2.48. The molecule has 106 valence electrons. The summed E-state index contributed by atoms with van der Waals surface area (Å²) in [4.78, 5) is 14.4. The molecule has 1 aromatic carbocycles. The number of esters is 1. The summed E-state index contributed by atoms with van der Waals surface area (Å²) in [7, 11) is 0. The molecule has 0 spiro atoms. The number of rotatable bonds is 4. The van der Waals surface area contributed by atoms with Crippen molar-refractivity contribution in [3.8, 4) is 0 Å². The lowest BCUT2D eigenvalue weighted by molar-refractivity contribution is -0.0187. The number of carbonyl (C=O) groups is 1. The Bertz CT molecular complexity index is 485. The van der Waals surface area contributed by atoms with Crippen LogP contribution in [0.5, 0.6) is 0 Å². The van der Waals surface area contributed by atoms with E-state index in [2.05, 4.69) is 17.6 Å². The highest BCUT2D eigenvalue weighted by atomic mass is 16.5. The van der Waals surface area contributed by atoms with Gasteiger partial charge in [0.05, 0.1) is 5.56 Å². The van der Waals surface area contributed by atoms with Gasteiger partial charge in [0.15, 0.2) is 0 Å². The Balaban J connectivity index is 1.55. The summed E-state index contributed by atoms with van der Waals surface area (Å²) in [5, 5.41) is 0. The number of carbonyl (C=O) groups excluding carboxylic acids is 1. The minimum atomic E-state index is -0.214. The number of hydrogen-bond acceptors (Lipinski definition) is 3. The Morgan fingerprint density at radius 2 is 2.20 bits per heavy atom. The van der Waals surface area contributed by atoms with E-state index in [4.69, 9.17) is 4.74 Å². The van der Waals surface area contributed by atoms with Gasteiger partial charge in [0, 0.05) is 12.6 Å². The summed E-state index contributed by atoms with van der Waals surface area (Å²) in [5.74, 6) is 1.12. The van der Waals surface area contributed by atoms with Gasteiger partial charge in [0.25, 0.3) is 0 Å². The smallest absolute Gasteiger partial charge is 0.338 e. The molecule has 0 N–H and O–H groups in total. The first-order valence-electron chi connectivity index (χ1n) is 7.36. The highest BCUT2D eigenvalue weighted by molar-refractivity contribution is 5.89. The van der Waals surface area contributed by atoms with Crippen molar-refractivity contribution in [2.45, 2.75) is 18.9 Å². The molecule has 3 aliphatic rings. The van der Waals surface area contributed by atoms with Gasteiger partial charge in [-0.2, -0.15) is 0 Å². The molecule has 3 heteroatoms. The second-order valence-electron chi connectivity index (χ2n) is 5.80. The Labute approximate surface area is 120 Å². The van der Waals surface area contributed by atoms with E-state index in [1.54, 1.807) is 12.1 Å². The molecule has 1 aromatic rings. The average molecular weight is 271 g/mol. The van der Waals surface area contributed by atoms with Gasteiger partial charge in [-0.1, -0.05) is 24.3 Å². The Morgan fingerprint density at radius 1 is 1.40 bits per heavy atom. The quantitative estimate of drug-likeness (QED) is 0.623. The number of nitrogens with zero attached hydrogens (tertiary/aromatic N) is 1. The van der Waals surface area contributed by atoms with Crippen LogP contribution in [-0.2, 0) is 4.74 Å². The topological polar surface area (TPSA) is 29.5 Å². The van der Waals surface area contributed by atoms with Gasteiger partial charge < -0.3 is 4.74 Å². The van der Waals surface area contributed by atoms with Gasteiger partial charge >= 0.3 is 5.97 Å². The molecule has 0 aromatic heterocycles. The maximum atomic E-state index is 12.0. The van der Waals surface area contributed by atoms with Crippen LogP contribution in [0.15, 0.2) is 43.0 Å². The predicted octanol–water partition coefficient (Wildman–Crippen LogP) is 2.74. The zero-order valence-electron chi connectivity index (χ0n) is 11.7. The molecule has 0 radical (unpaired) electrons. The number of fused-ring (bicyclic) bond motifs is 3. The minimum absolute atomic E-state index is 0.214. The second kappa shape index (κ2) is 5.80. The third kappa shape index (κ3) is 2.63. The maximum Gasteiger partial charge on any atom is 0.338 e. The van der Waals surface area contributed by atoms with Crippen molar-refractivity contribution in [1.29, 1.82) is 0 Å². The fourth-order valence-electron chi connectivity index (χ4n) is 3.45. The van der Waals surface area contributed by atoms with E-state index in [9.17, 15) is 4.79 Å². The number of ether oxygens (including phenoxy) is 1. The van der Waals surface area contributed by atoms with E-state index in [1.807, 2.05) is 18.2 Å². The van der Waals surface area contributed by atoms with Crippen LogP contribution in [0, 0.1) is 11.8 Å². The number of piperidine rings is 3. The van der Waals surface area contributed by atoms with Gasteiger partial charge in [0.2, 0.25) is 0 Å². The van der Waals surface area contributed by atoms with E-state index in [0.717, 1.165) is 25.4 Å². The van der Waals surface area contributed by atoms with Crippen LogP contribution >= 0.6 is 0 Å². The molecule has 3 aliphatic heterocycles. The third-order valence-electron chi connectivity index (χ3n) is 4.65. The molecule has 4 rings (SSSR count). The molecule has 20 heavy (non-hydrogen) atoms. The van der Waals surface area contributed by atoms with E-state index < -0.39 is 0 Å². The Hall–Kier alpha value is -1.61. The molecule has 2 bridgehead atoms. The molecule has 3 heterocycles. The van der Waals surface area contributed by atoms with Crippen molar-refractivity contribution in [2.75, 3.05) is 19.7 Å². The second-order valence-corrected chi connectivity index (χ2v) is 5.80. The molecule has 3 fully saturated rings. The predicted molar refractivity (Wildman–Crippen MR) is 78.5 cm³/mol. The highest BCUT2D eigenvalue weighted by Crippen LogP contribution is 2.36. The molecule has 4 atom stereocenters. The summed E-state index contributed by atoms with van der Waals surface area (Å²) >= 11 is 0. The maximum absolute atomic E-state index is 12.0. The van der Waals surface area contributed by atoms with Crippen molar-refractivity contribution in [2.24, 2.45) is 11.8 Å². The van der Waals surface area contributed by atoms with Crippen LogP contribution in [-0.4, -0.2) is 36.6 Å². The first-order chi connectivity index (χ1) is 9.78. The summed E-state index contributed by atoms with van der Waals surface area (Å²) in [5.41, 5.74) is 0.632. The van der Waals surface area contributed by atoms with E-state index in [-0.39, 0.29) is 5.97 Å². The normalized spacial score (nSPS) is 31.8. The zero-order valence-corrected chi connectivity index (χ0v) is 11.7. The van der Waals surface area contributed by atoms with Gasteiger partial charge in [-0.25, -0.2) is 4.79 Å². The molecular formula is C17H21NO2. The van der Waals surface area contributed by atoms with Crippen molar-refractivity contribution < 1.29 is 9.53 Å². The average Bonchev–Trinajstić information content (AvgIpc) is 2.53. The van der Waals surface area contributed by atoms with Gasteiger partial charge in [-0.15, -0.1) is 6.58 Å². The largest absolute Gasteiger partial charge is 0.460 e. The Kier molecular flexibility index (Phi) is 3.88. The van der Waals surface area contributed by atoms with Crippen LogP contribution in [0.1, 0.15) is 23.2 Å². The van der Waals surface area contributed by atoms with Crippen molar-refractivity contribution in [3.05, 3.63) is 48.6 Å². The molecule has 1 unspecified atom stereocenters. The summed E-state index contributed by atoms with van der Waals surface area (Å²) in [6, 6.07) is 9.59. The van der Waals surface area contributed by atoms with E-state index in [1.165, 1.54) is 6.42 Å². The SMILES string of the molecule is C=C[C@H]1CN2CC[C@H]1C[C@H]2COC(=O)c1ccccc1. The van der Waals surface area contributed by atoms with Gasteiger partial charge in [-0.05, 0) is 43.4 Å². The van der Waals surface area contributed by atoms with Crippen molar-refractivity contribution >= 4 is 5.97 Å². The van der Waals surface area contributed by atoms with Crippen LogP contribution in [0.3, 0.4) is 0 Å². The van der Waals surface area contributed by atoms with Crippen LogP contribution in [0.2, 0.25) is 0 Å².